The number of carbonyl (C=O) groups is 4. The van der Waals surface area contributed by atoms with Crippen LogP contribution < -0.4 is 5.32 Å². The summed E-state index contributed by atoms with van der Waals surface area (Å²) in [5, 5.41) is 3.23. The topological polar surface area (TPSA) is 126 Å². The van der Waals surface area contributed by atoms with Crippen LogP contribution in [0.4, 0.5) is 5.69 Å². The van der Waals surface area contributed by atoms with Crippen LogP contribution in [0.5, 0.6) is 0 Å². The summed E-state index contributed by atoms with van der Waals surface area (Å²) in [7, 11) is 0. The second-order valence-corrected chi connectivity index (χ2v) is 8.18. The third kappa shape index (κ3) is 7.05. The van der Waals surface area contributed by atoms with Crippen LogP contribution in [-0.2, 0) is 42.9 Å². The number of anilines is 1. The van der Waals surface area contributed by atoms with Gasteiger partial charge in [0.2, 0.25) is 0 Å². The molecule has 1 aliphatic rings. The minimum absolute atomic E-state index is 0.295. The third-order valence-electron chi connectivity index (χ3n) is 5.30. The summed E-state index contributed by atoms with van der Waals surface area (Å²) >= 11 is 0. The summed E-state index contributed by atoms with van der Waals surface area (Å²) in [4.78, 5) is 47.4. The van der Waals surface area contributed by atoms with Gasteiger partial charge in [-0.25, -0.2) is 0 Å². The van der Waals surface area contributed by atoms with E-state index in [4.69, 9.17) is 23.7 Å². The van der Waals surface area contributed by atoms with Crippen molar-refractivity contribution in [3.05, 3.63) is 54.6 Å². The largest absolute Gasteiger partial charge is 0.463 e. The number of nitrogens with one attached hydrogen (secondary N) is 1. The van der Waals surface area contributed by atoms with Gasteiger partial charge in [-0.1, -0.05) is 48.5 Å². The Morgan fingerprint density at radius 3 is 1.89 bits per heavy atom. The number of esters is 4. The van der Waals surface area contributed by atoms with Crippen molar-refractivity contribution in [2.24, 2.45) is 0 Å². The van der Waals surface area contributed by atoms with Crippen molar-refractivity contribution in [3.63, 3.8) is 0 Å². The normalized spacial score (nSPS) is 23.2. The molecule has 1 heterocycles. The van der Waals surface area contributed by atoms with Gasteiger partial charge in [-0.3, -0.25) is 19.2 Å². The molecule has 1 saturated heterocycles. The van der Waals surface area contributed by atoms with E-state index in [1.807, 2.05) is 54.6 Å². The summed E-state index contributed by atoms with van der Waals surface area (Å²) in [6, 6.07) is 17.0. The second-order valence-electron chi connectivity index (χ2n) is 8.18. The lowest BCUT2D eigenvalue weighted by atomic mass is 9.96. The molecule has 192 valence electrons. The standard InChI is InChI=1S/C26H29NO9/c1-15(28)32-14-22-23(33-16(2)29)24(34-17(3)30)25(35-18(4)31)26(36-22)27-21-13-9-8-12-20(21)19-10-6-5-7-11-19/h5-13,22-27H,14H2,1-4H3/t22-,23-,24+,25-,26-/m1/s1. The maximum atomic E-state index is 12.0. The van der Waals surface area contributed by atoms with Crippen LogP contribution in [0.15, 0.2) is 54.6 Å². The average molecular weight is 500 g/mol. The Bertz CT molecular complexity index is 1090. The van der Waals surface area contributed by atoms with Gasteiger partial charge >= 0.3 is 23.9 Å². The quantitative estimate of drug-likeness (QED) is 0.428. The Balaban J connectivity index is 2.03. The molecule has 2 aromatic carbocycles. The minimum atomic E-state index is -1.24. The lowest BCUT2D eigenvalue weighted by molar-refractivity contribution is -0.247. The van der Waals surface area contributed by atoms with Crippen LogP contribution in [-0.4, -0.2) is 61.1 Å². The lowest BCUT2D eigenvalue weighted by Crippen LogP contribution is -2.64. The van der Waals surface area contributed by atoms with Crippen LogP contribution >= 0.6 is 0 Å². The highest BCUT2D eigenvalue weighted by Gasteiger charge is 2.52. The number of carbonyl (C=O) groups excluding carboxylic acids is 4. The highest BCUT2D eigenvalue weighted by atomic mass is 16.7. The fraction of sp³-hybridized carbons (Fsp3) is 0.385. The van der Waals surface area contributed by atoms with E-state index in [2.05, 4.69) is 5.32 Å². The molecule has 0 spiro atoms. The highest BCUT2D eigenvalue weighted by molar-refractivity contribution is 5.78. The molecule has 2 aromatic rings. The first-order chi connectivity index (χ1) is 17.2. The maximum Gasteiger partial charge on any atom is 0.303 e. The van der Waals surface area contributed by atoms with E-state index < -0.39 is 54.5 Å². The smallest absolute Gasteiger partial charge is 0.303 e. The van der Waals surface area contributed by atoms with Crippen LogP contribution in [0.2, 0.25) is 0 Å². The number of rotatable bonds is 8. The van der Waals surface area contributed by atoms with Crippen molar-refractivity contribution in [1.82, 2.24) is 0 Å². The number of hydrogen-bond donors (Lipinski definition) is 1. The molecular formula is C26H29NO9. The van der Waals surface area contributed by atoms with Gasteiger partial charge in [-0.15, -0.1) is 0 Å². The van der Waals surface area contributed by atoms with E-state index in [1.165, 1.54) is 27.7 Å². The van der Waals surface area contributed by atoms with E-state index in [0.717, 1.165) is 11.1 Å². The fourth-order valence-corrected chi connectivity index (χ4v) is 3.98. The van der Waals surface area contributed by atoms with Gasteiger partial charge in [0, 0.05) is 38.9 Å². The maximum absolute atomic E-state index is 12.0. The van der Waals surface area contributed by atoms with Gasteiger partial charge in [0.1, 0.15) is 12.7 Å². The summed E-state index contributed by atoms with van der Waals surface area (Å²) in [5.41, 5.74) is 2.40. The summed E-state index contributed by atoms with van der Waals surface area (Å²) in [6.45, 7) is 4.48. The first-order valence-electron chi connectivity index (χ1n) is 11.4. The van der Waals surface area contributed by atoms with Gasteiger partial charge in [0.05, 0.1) is 0 Å². The summed E-state index contributed by atoms with van der Waals surface area (Å²) in [5.74, 6) is -2.61. The first kappa shape index (κ1) is 26.7. The second kappa shape index (κ2) is 12.2. The average Bonchev–Trinajstić information content (AvgIpc) is 2.81. The SMILES string of the molecule is CC(=O)OC[C@H]1O[C@@H](Nc2ccccc2-c2ccccc2)[C@H](OC(C)=O)[C@@H](OC(C)=O)[C@@H]1OC(C)=O. The molecule has 0 saturated carbocycles. The predicted molar refractivity (Wildman–Crippen MR) is 127 cm³/mol. The Labute approximate surface area is 208 Å². The zero-order valence-corrected chi connectivity index (χ0v) is 20.5. The van der Waals surface area contributed by atoms with Crippen LogP contribution in [0.3, 0.4) is 0 Å². The Morgan fingerprint density at radius 1 is 0.722 bits per heavy atom. The molecule has 0 aromatic heterocycles. The lowest BCUT2D eigenvalue weighted by Gasteiger charge is -2.44. The number of hydrogen-bond acceptors (Lipinski definition) is 10. The van der Waals surface area contributed by atoms with Crippen molar-refractivity contribution >= 4 is 29.6 Å². The fourth-order valence-electron chi connectivity index (χ4n) is 3.98. The molecule has 0 bridgehead atoms. The molecule has 5 atom stereocenters. The molecule has 1 fully saturated rings. The number of ether oxygens (including phenoxy) is 5. The third-order valence-corrected chi connectivity index (χ3v) is 5.30. The number of para-hydroxylation sites is 1. The van der Waals surface area contributed by atoms with Crippen molar-refractivity contribution < 1.29 is 42.9 Å². The van der Waals surface area contributed by atoms with E-state index in [1.54, 1.807) is 0 Å². The van der Waals surface area contributed by atoms with Gasteiger partial charge < -0.3 is 29.0 Å². The first-order valence-corrected chi connectivity index (χ1v) is 11.4. The van der Waals surface area contributed by atoms with E-state index >= 15 is 0 Å². The Hall–Kier alpha value is -3.92. The van der Waals surface area contributed by atoms with Crippen LogP contribution in [0, 0.1) is 0 Å². The molecular weight excluding hydrogens is 470 g/mol. The molecule has 36 heavy (non-hydrogen) atoms. The molecule has 1 N–H and O–H groups in total. The molecule has 3 rings (SSSR count). The van der Waals surface area contributed by atoms with Crippen molar-refractivity contribution in [1.29, 1.82) is 0 Å². The highest BCUT2D eigenvalue weighted by Crippen LogP contribution is 2.33. The molecule has 0 aliphatic carbocycles. The van der Waals surface area contributed by atoms with Crippen molar-refractivity contribution in [2.75, 3.05) is 11.9 Å². The molecule has 10 heteroatoms. The van der Waals surface area contributed by atoms with Gasteiger partial charge in [0.25, 0.3) is 0 Å². The van der Waals surface area contributed by atoms with Crippen molar-refractivity contribution in [3.8, 4) is 11.1 Å². The molecule has 0 amide bonds. The van der Waals surface area contributed by atoms with Crippen LogP contribution in [0.25, 0.3) is 11.1 Å². The zero-order valence-electron chi connectivity index (χ0n) is 20.5. The van der Waals surface area contributed by atoms with Gasteiger partial charge in [-0.2, -0.15) is 0 Å². The van der Waals surface area contributed by atoms with E-state index in [9.17, 15) is 19.2 Å². The predicted octanol–water partition coefficient (Wildman–Crippen LogP) is 2.85. The van der Waals surface area contributed by atoms with Crippen LogP contribution in [0.1, 0.15) is 27.7 Å². The Morgan fingerprint density at radius 2 is 1.28 bits per heavy atom. The molecule has 10 nitrogen and oxygen atoms in total. The number of benzene rings is 2. The molecule has 0 unspecified atom stereocenters. The van der Waals surface area contributed by atoms with Gasteiger partial charge in [0.15, 0.2) is 24.5 Å². The van der Waals surface area contributed by atoms with E-state index in [0.29, 0.717) is 5.69 Å². The molecule has 1 aliphatic heterocycles. The van der Waals surface area contributed by atoms with Gasteiger partial charge in [-0.05, 0) is 11.6 Å². The zero-order chi connectivity index (χ0) is 26.2. The minimum Gasteiger partial charge on any atom is -0.463 e. The van der Waals surface area contributed by atoms with E-state index in [-0.39, 0.29) is 6.61 Å². The Kier molecular flexibility index (Phi) is 9.02. The molecule has 0 radical (unpaired) electrons. The summed E-state index contributed by atoms with van der Waals surface area (Å²) < 4.78 is 27.7. The monoisotopic (exact) mass is 499 g/mol. The summed E-state index contributed by atoms with van der Waals surface area (Å²) in [6.07, 6.45) is -5.75. The van der Waals surface area contributed by atoms with Crippen molar-refractivity contribution in [2.45, 2.75) is 58.3 Å².